The summed E-state index contributed by atoms with van der Waals surface area (Å²) in [6.45, 7) is 0. The molecule has 0 bridgehead atoms. The molecule has 2 heterocycles. The lowest BCUT2D eigenvalue weighted by atomic mass is 10.2. The van der Waals surface area contributed by atoms with E-state index in [-0.39, 0.29) is 0 Å². The van der Waals surface area contributed by atoms with Crippen LogP contribution in [0.15, 0.2) is 30.3 Å². The van der Waals surface area contributed by atoms with E-state index in [4.69, 9.17) is 0 Å². The molecular weight excluding hydrogens is 335 g/mol. The SMILES string of the molecule is Ic1ccc2sc3cccc4sc1c2c34. The van der Waals surface area contributed by atoms with Crippen molar-refractivity contribution in [3.63, 3.8) is 0 Å². The van der Waals surface area contributed by atoms with Crippen LogP contribution in [0.2, 0.25) is 0 Å². The molecule has 0 amide bonds. The third-order valence-corrected chi connectivity index (χ3v) is 6.31. The van der Waals surface area contributed by atoms with Crippen LogP contribution in [0.25, 0.3) is 29.6 Å². The molecule has 4 aromatic rings. The lowest BCUT2D eigenvalue weighted by molar-refractivity contribution is 1.87. The van der Waals surface area contributed by atoms with Crippen LogP contribution in [0.3, 0.4) is 0 Å². The molecule has 0 unspecified atom stereocenters. The maximum absolute atomic E-state index is 2.43. The number of thiophene rings is 2. The molecule has 2 aromatic heterocycles. The molecule has 2 aromatic carbocycles. The number of halogens is 1. The Hall–Kier alpha value is -0.390. The minimum Gasteiger partial charge on any atom is -0.135 e. The molecule has 4 rings (SSSR count). The van der Waals surface area contributed by atoms with Crippen molar-refractivity contribution in [1.29, 1.82) is 0 Å². The van der Waals surface area contributed by atoms with E-state index in [2.05, 4.69) is 52.9 Å². The van der Waals surface area contributed by atoms with Gasteiger partial charge in [-0.3, -0.25) is 0 Å². The molecule has 0 spiro atoms. The Bertz CT molecular complexity index is 778. The van der Waals surface area contributed by atoms with Gasteiger partial charge < -0.3 is 0 Å². The highest BCUT2D eigenvalue weighted by Crippen LogP contribution is 2.46. The highest BCUT2D eigenvalue weighted by molar-refractivity contribution is 14.1. The largest absolute Gasteiger partial charge is 0.135 e. The highest BCUT2D eigenvalue weighted by Gasteiger charge is 2.14. The third-order valence-electron chi connectivity index (χ3n) is 2.74. The topological polar surface area (TPSA) is 0 Å². The predicted molar refractivity (Wildman–Crippen MR) is 78.6 cm³/mol. The molecular formula is C12H5IS2. The number of rotatable bonds is 0. The van der Waals surface area contributed by atoms with Crippen LogP contribution < -0.4 is 0 Å². The smallest absolute Gasteiger partial charge is 0.0503 e. The van der Waals surface area contributed by atoms with Gasteiger partial charge in [0.25, 0.3) is 0 Å². The van der Waals surface area contributed by atoms with Gasteiger partial charge in [0.1, 0.15) is 0 Å². The van der Waals surface area contributed by atoms with Crippen molar-refractivity contribution in [3.8, 4) is 0 Å². The van der Waals surface area contributed by atoms with Crippen LogP contribution in [0.4, 0.5) is 0 Å². The molecule has 0 nitrogen and oxygen atoms in total. The van der Waals surface area contributed by atoms with Crippen LogP contribution >= 0.6 is 45.3 Å². The van der Waals surface area contributed by atoms with Crippen molar-refractivity contribution in [3.05, 3.63) is 33.9 Å². The van der Waals surface area contributed by atoms with Gasteiger partial charge in [0.15, 0.2) is 0 Å². The summed E-state index contributed by atoms with van der Waals surface area (Å²) < 4.78 is 7.12. The van der Waals surface area contributed by atoms with Gasteiger partial charge >= 0.3 is 0 Å². The summed E-state index contributed by atoms with van der Waals surface area (Å²) in [5.41, 5.74) is 0. The van der Waals surface area contributed by atoms with Crippen LogP contribution in [-0.2, 0) is 0 Å². The number of hydrogen-bond acceptors (Lipinski definition) is 2. The van der Waals surface area contributed by atoms with Gasteiger partial charge in [-0.1, -0.05) is 6.07 Å². The summed E-state index contributed by atoms with van der Waals surface area (Å²) in [5, 5.41) is 2.97. The molecule has 0 aliphatic rings. The van der Waals surface area contributed by atoms with Crippen LogP contribution in [0.5, 0.6) is 0 Å². The second-order valence-electron chi connectivity index (χ2n) is 3.58. The van der Waals surface area contributed by atoms with E-state index in [0.29, 0.717) is 0 Å². The number of hydrogen-bond donors (Lipinski definition) is 0. The zero-order valence-corrected chi connectivity index (χ0v) is 11.4. The quantitative estimate of drug-likeness (QED) is 0.381. The monoisotopic (exact) mass is 340 g/mol. The molecule has 0 saturated carbocycles. The van der Waals surface area contributed by atoms with E-state index >= 15 is 0 Å². The third kappa shape index (κ3) is 1.01. The lowest BCUT2D eigenvalue weighted by Gasteiger charge is -1.92. The van der Waals surface area contributed by atoms with E-state index in [9.17, 15) is 0 Å². The van der Waals surface area contributed by atoms with E-state index in [1.807, 2.05) is 22.7 Å². The highest BCUT2D eigenvalue weighted by atomic mass is 127. The minimum absolute atomic E-state index is 1.38. The van der Waals surface area contributed by atoms with Crippen molar-refractivity contribution >= 4 is 74.8 Å². The molecule has 0 aliphatic carbocycles. The summed E-state index contributed by atoms with van der Waals surface area (Å²) in [4.78, 5) is 0. The molecule has 0 saturated heterocycles. The molecule has 15 heavy (non-hydrogen) atoms. The lowest BCUT2D eigenvalue weighted by Crippen LogP contribution is -1.68. The Kier molecular flexibility index (Phi) is 1.65. The Morgan fingerprint density at radius 2 is 1.53 bits per heavy atom. The summed E-state index contributed by atoms with van der Waals surface area (Å²) >= 11 is 6.27. The van der Waals surface area contributed by atoms with Crippen molar-refractivity contribution < 1.29 is 0 Å². The van der Waals surface area contributed by atoms with E-state index in [1.54, 1.807) is 0 Å². The first kappa shape index (κ1) is 8.73. The van der Waals surface area contributed by atoms with Gasteiger partial charge in [-0.15, -0.1) is 22.7 Å². The first-order valence-electron chi connectivity index (χ1n) is 4.66. The minimum atomic E-state index is 1.38. The number of benzene rings is 2. The average molecular weight is 340 g/mol. The molecule has 0 atom stereocenters. The standard InChI is InChI=1S/C12H5IS2/c13-6-4-5-9-11-10-7(14-9)2-1-3-8(10)15-12(6)11/h1-5H. The van der Waals surface area contributed by atoms with Crippen LogP contribution in [0.1, 0.15) is 0 Å². The Morgan fingerprint density at radius 3 is 2.40 bits per heavy atom. The Balaban J connectivity index is 2.54. The molecule has 72 valence electrons. The van der Waals surface area contributed by atoms with Crippen molar-refractivity contribution in [1.82, 2.24) is 0 Å². The van der Waals surface area contributed by atoms with Gasteiger partial charge in [0.05, 0.1) is 4.70 Å². The van der Waals surface area contributed by atoms with E-state index in [1.165, 1.54) is 33.1 Å². The summed E-state index contributed by atoms with van der Waals surface area (Å²) in [6, 6.07) is 11.1. The fourth-order valence-corrected chi connectivity index (χ4v) is 5.33. The van der Waals surface area contributed by atoms with E-state index < -0.39 is 0 Å². The zero-order chi connectivity index (χ0) is 9.99. The van der Waals surface area contributed by atoms with Crippen molar-refractivity contribution in [2.75, 3.05) is 0 Å². The van der Waals surface area contributed by atoms with Crippen molar-refractivity contribution in [2.45, 2.75) is 0 Å². The zero-order valence-electron chi connectivity index (χ0n) is 7.58. The molecule has 3 heteroatoms. The molecule has 0 aliphatic heterocycles. The molecule has 0 fully saturated rings. The summed E-state index contributed by atoms with van der Waals surface area (Å²) in [7, 11) is 0. The second kappa shape index (κ2) is 2.84. The van der Waals surface area contributed by atoms with Crippen molar-refractivity contribution in [2.24, 2.45) is 0 Å². The average Bonchev–Trinajstić information content (AvgIpc) is 2.79. The molecule has 0 N–H and O–H groups in total. The summed E-state index contributed by atoms with van der Waals surface area (Å²) in [5.74, 6) is 0. The van der Waals surface area contributed by atoms with Gasteiger partial charge in [-0.05, 0) is 46.9 Å². The second-order valence-corrected chi connectivity index (χ2v) is 6.88. The van der Waals surface area contributed by atoms with Gasteiger partial charge in [0, 0.05) is 28.4 Å². The first-order chi connectivity index (χ1) is 7.34. The van der Waals surface area contributed by atoms with Crippen LogP contribution in [-0.4, -0.2) is 0 Å². The maximum atomic E-state index is 2.43. The summed E-state index contributed by atoms with van der Waals surface area (Å²) in [6.07, 6.45) is 0. The Labute approximate surface area is 108 Å². The maximum Gasteiger partial charge on any atom is 0.0503 e. The predicted octanol–water partition coefficient (Wildman–Crippen LogP) is 5.31. The fourth-order valence-electron chi connectivity index (χ4n) is 2.12. The first-order valence-corrected chi connectivity index (χ1v) is 7.37. The Morgan fingerprint density at radius 1 is 0.800 bits per heavy atom. The van der Waals surface area contributed by atoms with Gasteiger partial charge in [-0.2, -0.15) is 0 Å². The fraction of sp³-hybridized carbons (Fsp3) is 0. The van der Waals surface area contributed by atoms with Gasteiger partial charge in [0.2, 0.25) is 0 Å². The van der Waals surface area contributed by atoms with E-state index in [0.717, 1.165) is 0 Å². The van der Waals surface area contributed by atoms with Crippen LogP contribution in [0, 0.1) is 3.57 Å². The molecule has 0 radical (unpaired) electrons. The normalized spacial score (nSPS) is 12.3. The van der Waals surface area contributed by atoms with Gasteiger partial charge in [-0.25, -0.2) is 0 Å².